The standard InChI is InChI=1S/C13H15F2NO4/c1-20-5-4-11(13(18)19)16-12(17)7-8-6-9(14)2-3-10(8)15/h2-3,6,11H,4-5,7H2,1H3,(H,16,17)(H,18,19). The van der Waals surface area contributed by atoms with E-state index in [1.54, 1.807) is 0 Å². The maximum atomic E-state index is 13.3. The molecule has 0 saturated heterocycles. The van der Waals surface area contributed by atoms with Crippen LogP contribution >= 0.6 is 0 Å². The Morgan fingerprint density at radius 2 is 2.10 bits per heavy atom. The molecule has 0 radical (unpaired) electrons. The fraction of sp³-hybridized carbons (Fsp3) is 0.385. The average Bonchev–Trinajstić information content (AvgIpc) is 2.38. The lowest BCUT2D eigenvalue weighted by Gasteiger charge is -2.14. The van der Waals surface area contributed by atoms with Gasteiger partial charge in [-0.15, -0.1) is 0 Å². The van der Waals surface area contributed by atoms with Crippen LogP contribution in [0.15, 0.2) is 18.2 Å². The van der Waals surface area contributed by atoms with Crippen LogP contribution in [-0.4, -0.2) is 36.7 Å². The Morgan fingerprint density at radius 1 is 1.40 bits per heavy atom. The number of hydrogen-bond donors (Lipinski definition) is 2. The molecule has 0 aliphatic heterocycles. The van der Waals surface area contributed by atoms with Crippen molar-refractivity contribution in [2.75, 3.05) is 13.7 Å². The molecule has 0 aromatic heterocycles. The van der Waals surface area contributed by atoms with E-state index in [-0.39, 0.29) is 18.6 Å². The predicted molar refractivity (Wildman–Crippen MR) is 66.1 cm³/mol. The molecular weight excluding hydrogens is 272 g/mol. The maximum Gasteiger partial charge on any atom is 0.326 e. The van der Waals surface area contributed by atoms with Crippen LogP contribution in [0.5, 0.6) is 0 Å². The topological polar surface area (TPSA) is 75.6 Å². The van der Waals surface area contributed by atoms with Gasteiger partial charge < -0.3 is 15.2 Å². The molecule has 2 N–H and O–H groups in total. The molecule has 0 spiro atoms. The molecule has 1 unspecified atom stereocenters. The molecule has 0 fully saturated rings. The highest BCUT2D eigenvalue weighted by atomic mass is 19.1. The molecule has 1 amide bonds. The minimum Gasteiger partial charge on any atom is -0.480 e. The van der Waals surface area contributed by atoms with Crippen LogP contribution in [0, 0.1) is 11.6 Å². The summed E-state index contributed by atoms with van der Waals surface area (Å²) >= 11 is 0. The zero-order valence-electron chi connectivity index (χ0n) is 10.9. The quantitative estimate of drug-likeness (QED) is 0.788. The first-order chi connectivity index (χ1) is 9.43. The van der Waals surface area contributed by atoms with Crippen LogP contribution in [-0.2, 0) is 20.7 Å². The maximum absolute atomic E-state index is 13.3. The van der Waals surface area contributed by atoms with Crippen LogP contribution in [0.4, 0.5) is 8.78 Å². The van der Waals surface area contributed by atoms with Crippen LogP contribution in [0.2, 0.25) is 0 Å². The molecule has 0 bridgehead atoms. The van der Waals surface area contributed by atoms with Gasteiger partial charge in [-0.1, -0.05) is 0 Å². The molecule has 1 aromatic rings. The molecule has 0 aliphatic carbocycles. The lowest BCUT2D eigenvalue weighted by Crippen LogP contribution is -2.42. The minimum absolute atomic E-state index is 0.0865. The summed E-state index contributed by atoms with van der Waals surface area (Å²) in [7, 11) is 1.41. The average molecular weight is 287 g/mol. The normalized spacial score (nSPS) is 11.9. The molecule has 5 nitrogen and oxygen atoms in total. The van der Waals surface area contributed by atoms with E-state index in [1.807, 2.05) is 0 Å². The van der Waals surface area contributed by atoms with Gasteiger partial charge in [0.05, 0.1) is 6.42 Å². The SMILES string of the molecule is COCCC(NC(=O)Cc1cc(F)ccc1F)C(=O)O. The van der Waals surface area contributed by atoms with Crippen molar-refractivity contribution in [3.8, 4) is 0 Å². The number of carbonyl (C=O) groups is 2. The zero-order chi connectivity index (χ0) is 15.1. The van der Waals surface area contributed by atoms with Gasteiger partial charge in [0.25, 0.3) is 0 Å². The van der Waals surface area contributed by atoms with Gasteiger partial charge in [0.2, 0.25) is 5.91 Å². The van der Waals surface area contributed by atoms with Crippen LogP contribution in [0.1, 0.15) is 12.0 Å². The molecule has 1 rings (SSSR count). The number of carbonyl (C=O) groups excluding carboxylic acids is 1. The van der Waals surface area contributed by atoms with Crippen molar-refractivity contribution in [1.82, 2.24) is 5.32 Å². The molecule has 20 heavy (non-hydrogen) atoms. The third-order valence-corrected chi connectivity index (χ3v) is 2.60. The summed E-state index contributed by atoms with van der Waals surface area (Å²) in [5.41, 5.74) is -0.126. The van der Waals surface area contributed by atoms with Gasteiger partial charge in [0, 0.05) is 25.7 Å². The number of nitrogens with one attached hydrogen (secondary N) is 1. The van der Waals surface area contributed by atoms with Crippen molar-refractivity contribution in [2.24, 2.45) is 0 Å². The van der Waals surface area contributed by atoms with Gasteiger partial charge in [-0.3, -0.25) is 4.79 Å². The van der Waals surface area contributed by atoms with Crippen molar-refractivity contribution < 1.29 is 28.2 Å². The molecule has 0 heterocycles. The van der Waals surface area contributed by atoms with E-state index in [4.69, 9.17) is 9.84 Å². The Labute approximate surface area is 114 Å². The zero-order valence-corrected chi connectivity index (χ0v) is 10.9. The molecule has 1 aromatic carbocycles. The van der Waals surface area contributed by atoms with E-state index in [9.17, 15) is 18.4 Å². The minimum atomic E-state index is -1.21. The third kappa shape index (κ3) is 4.93. The summed E-state index contributed by atoms with van der Waals surface area (Å²) in [5, 5.41) is 11.1. The third-order valence-electron chi connectivity index (χ3n) is 2.60. The fourth-order valence-corrected chi connectivity index (χ4v) is 1.59. The summed E-state index contributed by atoms with van der Waals surface area (Å²) in [6.07, 6.45) is -0.344. The number of rotatable bonds is 7. The molecule has 110 valence electrons. The summed E-state index contributed by atoms with van der Waals surface area (Å²) in [4.78, 5) is 22.6. The largest absolute Gasteiger partial charge is 0.480 e. The van der Waals surface area contributed by atoms with Gasteiger partial charge in [0.1, 0.15) is 17.7 Å². The fourth-order valence-electron chi connectivity index (χ4n) is 1.59. The van der Waals surface area contributed by atoms with Gasteiger partial charge in [-0.05, 0) is 18.2 Å². The van der Waals surface area contributed by atoms with E-state index in [0.29, 0.717) is 0 Å². The van der Waals surface area contributed by atoms with Crippen molar-refractivity contribution in [3.05, 3.63) is 35.4 Å². The second kappa shape index (κ2) is 7.54. The van der Waals surface area contributed by atoms with E-state index in [0.717, 1.165) is 18.2 Å². The van der Waals surface area contributed by atoms with Crippen molar-refractivity contribution in [1.29, 1.82) is 0 Å². The van der Waals surface area contributed by atoms with E-state index >= 15 is 0 Å². The highest BCUT2D eigenvalue weighted by Gasteiger charge is 2.20. The highest BCUT2D eigenvalue weighted by molar-refractivity contribution is 5.84. The molecule has 0 aliphatic rings. The van der Waals surface area contributed by atoms with Crippen LogP contribution in [0.25, 0.3) is 0 Å². The number of halogens is 2. The Morgan fingerprint density at radius 3 is 2.70 bits per heavy atom. The Bertz CT molecular complexity index is 493. The van der Waals surface area contributed by atoms with Crippen LogP contribution < -0.4 is 5.32 Å². The van der Waals surface area contributed by atoms with Crippen molar-refractivity contribution in [2.45, 2.75) is 18.9 Å². The molecular formula is C13H15F2NO4. The number of ether oxygens (including phenoxy) is 1. The number of hydrogen-bond acceptors (Lipinski definition) is 3. The van der Waals surface area contributed by atoms with Crippen LogP contribution in [0.3, 0.4) is 0 Å². The number of amides is 1. The van der Waals surface area contributed by atoms with Crippen molar-refractivity contribution >= 4 is 11.9 Å². The Kier molecular flexibility index (Phi) is 6.05. The van der Waals surface area contributed by atoms with Gasteiger partial charge >= 0.3 is 5.97 Å². The second-order valence-electron chi connectivity index (χ2n) is 4.15. The van der Waals surface area contributed by atoms with E-state index in [1.165, 1.54) is 7.11 Å². The van der Waals surface area contributed by atoms with Gasteiger partial charge in [-0.2, -0.15) is 0 Å². The summed E-state index contributed by atoms with van der Waals surface area (Å²) in [5.74, 6) is -3.29. The van der Waals surface area contributed by atoms with E-state index < -0.39 is 36.0 Å². The number of carboxylic acids is 1. The second-order valence-corrected chi connectivity index (χ2v) is 4.15. The van der Waals surface area contributed by atoms with Gasteiger partial charge in [0.15, 0.2) is 0 Å². The number of carboxylic acid groups (broad SMARTS) is 1. The smallest absolute Gasteiger partial charge is 0.326 e. The summed E-state index contributed by atoms with van der Waals surface area (Å²) < 4.78 is 31.0. The highest BCUT2D eigenvalue weighted by Crippen LogP contribution is 2.10. The number of benzene rings is 1. The molecule has 1 atom stereocenters. The lowest BCUT2D eigenvalue weighted by atomic mass is 10.1. The van der Waals surface area contributed by atoms with Gasteiger partial charge in [-0.25, -0.2) is 13.6 Å². The summed E-state index contributed by atoms with van der Waals surface area (Å²) in [6, 6.07) is 1.63. The van der Waals surface area contributed by atoms with E-state index in [2.05, 4.69) is 5.32 Å². The predicted octanol–water partition coefficient (Wildman–Crippen LogP) is 1.11. The molecule has 7 heteroatoms. The Balaban J connectivity index is 2.65. The number of methoxy groups -OCH3 is 1. The monoisotopic (exact) mass is 287 g/mol. The first-order valence-corrected chi connectivity index (χ1v) is 5.89. The Hall–Kier alpha value is -2.02. The lowest BCUT2D eigenvalue weighted by molar-refractivity contribution is -0.142. The number of aliphatic carboxylic acids is 1. The summed E-state index contributed by atoms with van der Waals surface area (Å²) in [6.45, 7) is 0.158. The first kappa shape index (κ1) is 16.0. The van der Waals surface area contributed by atoms with Crippen molar-refractivity contribution in [3.63, 3.8) is 0 Å². The molecule has 0 saturated carbocycles. The first-order valence-electron chi connectivity index (χ1n) is 5.89.